The summed E-state index contributed by atoms with van der Waals surface area (Å²) in [6, 6.07) is 14.3. The van der Waals surface area contributed by atoms with Crippen LogP contribution in [-0.4, -0.2) is 39.8 Å². The number of ether oxygens (including phenoxy) is 1. The molecule has 2 aromatic heterocycles. The molecule has 0 spiro atoms. The average Bonchev–Trinajstić information content (AvgIpc) is 3.19. The standard InChI is InChI=1S/C22H23N5O/c1-15-10-11-18-17(14-15)21-25-24-20(16-8-4-5-9-19(16)28-2)27(21)22(23-18)26-12-6-3-7-13-26/h4-5,8-11,14H,3,6-7,12-13H2,1-2H3. The van der Waals surface area contributed by atoms with Crippen molar-refractivity contribution in [3.63, 3.8) is 0 Å². The molecule has 5 rings (SSSR count). The van der Waals surface area contributed by atoms with E-state index < -0.39 is 0 Å². The van der Waals surface area contributed by atoms with E-state index in [2.05, 4.69) is 44.6 Å². The summed E-state index contributed by atoms with van der Waals surface area (Å²) in [5.41, 5.74) is 3.90. The summed E-state index contributed by atoms with van der Waals surface area (Å²) in [6.45, 7) is 4.10. The quantitative estimate of drug-likeness (QED) is 0.537. The van der Waals surface area contributed by atoms with Gasteiger partial charge in [0.05, 0.1) is 18.2 Å². The van der Waals surface area contributed by atoms with Gasteiger partial charge in [0.1, 0.15) is 5.75 Å². The Labute approximate surface area is 163 Å². The largest absolute Gasteiger partial charge is 0.496 e. The summed E-state index contributed by atoms with van der Waals surface area (Å²) >= 11 is 0. The van der Waals surface area contributed by atoms with Gasteiger partial charge in [-0.15, -0.1) is 10.2 Å². The van der Waals surface area contributed by atoms with E-state index >= 15 is 0 Å². The highest BCUT2D eigenvalue weighted by Crippen LogP contribution is 2.33. The minimum Gasteiger partial charge on any atom is -0.496 e. The summed E-state index contributed by atoms with van der Waals surface area (Å²) < 4.78 is 7.70. The number of methoxy groups -OCH3 is 1. The molecule has 6 heteroatoms. The van der Waals surface area contributed by atoms with Crippen molar-refractivity contribution in [3.05, 3.63) is 48.0 Å². The lowest BCUT2D eigenvalue weighted by Crippen LogP contribution is -2.32. The summed E-state index contributed by atoms with van der Waals surface area (Å²) in [5, 5.41) is 10.2. The van der Waals surface area contributed by atoms with Crippen molar-refractivity contribution in [2.45, 2.75) is 26.2 Å². The molecule has 0 atom stereocenters. The maximum Gasteiger partial charge on any atom is 0.213 e. The van der Waals surface area contributed by atoms with Crippen LogP contribution in [0.5, 0.6) is 5.75 Å². The third-order valence-corrected chi connectivity index (χ3v) is 5.46. The summed E-state index contributed by atoms with van der Waals surface area (Å²) in [7, 11) is 1.69. The highest BCUT2D eigenvalue weighted by Gasteiger charge is 2.23. The topological polar surface area (TPSA) is 55.6 Å². The number of aryl methyl sites for hydroxylation is 1. The number of rotatable bonds is 3. The number of anilines is 1. The van der Waals surface area contributed by atoms with Crippen molar-refractivity contribution < 1.29 is 4.74 Å². The SMILES string of the molecule is COc1ccccc1-c1nnc2c3cc(C)ccc3nc(N3CCCCC3)n12. The van der Waals surface area contributed by atoms with Gasteiger partial charge in [-0.2, -0.15) is 0 Å². The molecular weight excluding hydrogens is 350 g/mol. The Morgan fingerprint density at radius 3 is 2.61 bits per heavy atom. The van der Waals surface area contributed by atoms with E-state index in [0.717, 1.165) is 52.7 Å². The maximum absolute atomic E-state index is 5.59. The highest BCUT2D eigenvalue weighted by molar-refractivity contribution is 5.94. The first-order valence-electron chi connectivity index (χ1n) is 9.80. The smallest absolute Gasteiger partial charge is 0.213 e. The minimum atomic E-state index is 0.768. The first-order valence-corrected chi connectivity index (χ1v) is 9.80. The van der Waals surface area contributed by atoms with Gasteiger partial charge in [-0.05, 0) is 50.5 Å². The zero-order chi connectivity index (χ0) is 19.1. The van der Waals surface area contributed by atoms with E-state index in [-0.39, 0.29) is 0 Å². The zero-order valence-electron chi connectivity index (χ0n) is 16.2. The molecule has 1 saturated heterocycles. The Balaban J connectivity index is 1.85. The molecule has 4 aromatic rings. The van der Waals surface area contributed by atoms with Gasteiger partial charge in [-0.25, -0.2) is 9.38 Å². The molecule has 142 valence electrons. The first-order chi connectivity index (χ1) is 13.8. The second kappa shape index (κ2) is 6.78. The molecule has 3 heterocycles. The molecule has 6 nitrogen and oxygen atoms in total. The number of hydrogen-bond donors (Lipinski definition) is 0. The Hall–Kier alpha value is -3.15. The molecule has 1 fully saturated rings. The van der Waals surface area contributed by atoms with Gasteiger partial charge < -0.3 is 9.64 Å². The Morgan fingerprint density at radius 1 is 0.964 bits per heavy atom. The van der Waals surface area contributed by atoms with Crippen molar-refractivity contribution >= 4 is 22.5 Å². The van der Waals surface area contributed by atoms with E-state index in [1.54, 1.807) is 7.11 Å². The van der Waals surface area contributed by atoms with Crippen molar-refractivity contribution in [3.8, 4) is 17.1 Å². The van der Waals surface area contributed by atoms with E-state index in [0.29, 0.717) is 0 Å². The van der Waals surface area contributed by atoms with Crippen LogP contribution in [0.15, 0.2) is 42.5 Å². The molecular formula is C22H23N5O. The van der Waals surface area contributed by atoms with E-state index in [1.165, 1.54) is 24.8 Å². The van der Waals surface area contributed by atoms with Gasteiger partial charge in [-0.3, -0.25) is 0 Å². The number of fused-ring (bicyclic) bond motifs is 3. The van der Waals surface area contributed by atoms with Crippen LogP contribution in [0.4, 0.5) is 5.95 Å². The first kappa shape index (κ1) is 17.0. The molecule has 28 heavy (non-hydrogen) atoms. The number of hydrogen-bond acceptors (Lipinski definition) is 5. The molecule has 0 radical (unpaired) electrons. The van der Waals surface area contributed by atoms with Gasteiger partial charge in [0.2, 0.25) is 5.95 Å². The van der Waals surface area contributed by atoms with Crippen molar-refractivity contribution in [2.75, 3.05) is 25.1 Å². The summed E-state index contributed by atoms with van der Waals surface area (Å²) in [4.78, 5) is 7.41. The van der Waals surface area contributed by atoms with Gasteiger partial charge in [-0.1, -0.05) is 23.8 Å². The molecule has 0 aliphatic carbocycles. The van der Waals surface area contributed by atoms with Gasteiger partial charge in [0, 0.05) is 18.5 Å². The molecule has 1 aliphatic rings. The van der Waals surface area contributed by atoms with Crippen LogP contribution in [0, 0.1) is 6.92 Å². The van der Waals surface area contributed by atoms with Crippen molar-refractivity contribution in [2.24, 2.45) is 0 Å². The number of para-hydroxylation sites is 1. The predicted octanol–water partition coefficient (Wildman–Crippen LogP) is 4.25. The Morgan fingerprint density at radius 2 is 1.79 bits per heavy atom. The molecule has 0 unspecified atom stereocenters. The van der Waals surface area contributed by atoms with Crippen LogP contribution in [0.1, 0.15) is 24.8 Å². The lowest BCUT2D eigenvalue weighted by molar-refractivity contribution is 0.416. The van der Waals surface area contributed by atoms with Crippen molar-refractivity contribution in [1.82, 2.24) is 19.6 Å². The van der Waals surface area contributed by atoms with E-state index in [1.807, 2.05) is 24.3 Å². The van der Waals surface area contributed by atoms with Gasteiger partial charge in [0.25, 0.3) is 0 Å². The number of benzene rings is 2. The number of nitrogens with zero attached hydrogens (tertiary/aromatic N) is 5. The van der Waals surface area contributed by atoms with Gasteiger partial charge in [0.15, 0.2) is 11.5 Å². The number of aromatic nitrogens is 4. The molecule has 0 amide bonds. The fourth-order valence-corrected chi connectivity index (χ4v) is 4.04. The van der Waals surface area contributed by atoms with Crippen LogP contribution in [0.3, 0.4) is 0 Å². The predicted molar refractivity (Wildman–Crippen MR) is 111 cm³/mol. The zero-order valence-corrected chi connectivity index (χ0v) is 16.2. The lowest BCUT2D eigenvalue weighted by atomic mass is 10.1. The van der Waals surface area contributed by atoms with E-state index in [9.17, 15) is 0 Å². The lowest BCUT2D eigenvalue weighted by Gasteiger charge is -2.28. The normalized spacial score (nSPS) is 14.7. The Bertz CT molecular complexity index is 1160. The summed E-state index contributed by atoms with van der Waals surface area (Å²) in [6.07, 6.45) is 3.64. The fraction of sp³-hybridized carbons (Fsp3) is 0.318. The van der Waals surface area contributed by atoms with Crippen LogP contribution in [0.2, 0.25) is 0 Å². The van der Waals surface area contributed by atoms with Crippen LogP contribution in [0.25, 0.3) is 27.9 Å². The molecule has 2 aromatic carbocycles. The van der Waals surface area contributed by atoms with Gasteiger partial charge >= 0.3 is 0 Å². The number of piperidine rings is 1. The van der Waals surface area contributed by atoms with Crippen LogP contribution >= 0.6 is 0 Å². The highest BCUT2D eigenvalue weighted by atomic mass is 16.5. The molecule has 0 bridgehead atoms. The summed E-state index contributed by atoms with van der Waals surface area (Å²) in [5.74, 6) is 2.46. The fourth-order valence-electron chi connectivity index (χ4n) is 4.04. The van der Waals surface area contributed by atoms with Crippen LogP contribution < -0.4 is 9.64 Å². The monoisotopic (exact) mass is 373 g/mol. The third-order valence-electron chi connectivity index (χ3n) is 5.46. The Kier molecular flexibility index (Phi) is 4.11. The molecule has 0 N–H and O–H groups in total. The van der Waals surface area contributed by atoms with E-state index in [4.69, 9.17) is 9.72 Å². The average molecular weight is 373 g/mol. The molecule has 1 aliphatic heterocycles. The minimum absolute atomic E-state index is 0.768. The third kappa shape index (κ3) is 2.68. The van der Waals surface area contributed by atoms with Crippen molar-refractivity contribution in [1.29, 1.82) is 0 Å². The van der Waals surface area contributed by atoms with Crippen LogP contribution in [-0.2, 0) is 0 Å². The maximum atomic E-state index is 5.59. The second-order valence-electron chi connectivity index (χ2n) is 7.36. The second-order valence-corrected chi connectivity index (χ2v) is 7.36. The molecule has 0 saturated carbocycles.